The van der Waals surface area contributed by atoms with Crippen LogP contribution in [-0.2, 0) is 13.6 Å². The Kier molecular flexibility index (Phi) is 3.15. The molecule has 0 aliphatic carbocycles. The van der Waals surface area contributed by atoms with E-state index in [-0.39, 0.29) is 12.1 Å². The van der Waals surface area contributed by atoms with Crippen molar-refractivity contribution < 1.29 is 9.90 Å². The molecule has 1 aromatic heterocycles. The fourth-order valence-corrected chi connectivity index (χ4v) is 1.71. The molecule has 0 saturated carbocycles. The molecule has 94 valence electrons. The highest BCUT2D eigenvalue weighted by atomic mass is 35.5. The van der Waals surface area contributed by atoms with Gasteiger partial charge in [-0.2, -0.15) is 9.36 Å². The molecular formula is C10H9ClN4O3. The maximum atomic E-state index is 11.6. The van der Waals surface area contributed by atoms with E-state index < -0.39 is 11.7 Å². The van der Waals surface area contributed by atoms with E-state index in [0.717, 1.165) is 9.36 Å². The predicted molar refractivity (Wildman–Crippen MR) is 62.8 cm³/mol. The molecular weight excluding hydrogens is 260 g/mol. The van der Waals surface area contributed by atoms with E-state index in [1.165, 1.54) is 25.2 Å². The van der Waals surface area contributed by atoms with Crippen molar-refractivity contribution in [1.29, 1.82) is 0 Å². The van der Waals surface area contributed by atoms with Crippen LogP contribution < -0.4 is 5.69 Å². The number of aryl methyl sites for hydroxylation is 1. The molecule has 0 spiro atoms. The zero-order valence-electron chi connectivity index (χ0n) is 9.37. The molecule has 1 N–H and O–H groups in total. The van der Waals surface area contributed by atoms with Crippen LogP contribution in [-0.4, -0.2) is 30.9 Å². The van der Waals surface area contributed by atoms with Crippen molar-refractivity contribution in [2.45, 2.75) is 6.54 Å². The monoisotopic (exact) mass is 268 g/mol. The van der Waals surface area contributed by atoms with Crippen molar-refractivity contribution in [3.63, 3.8) is 0 Å². The van der Waals surface area contributed by atoms with Crippen LogP contribution in [0, 0.1) is 0 Å². The number of rotatable bonds is 3. The quantitative estimate of drug-likeness (QED) is 0.869. The van der Waals surface area contributed by atoms with Gasteiger partial charge in [0, 0.05) is 12.1 Å². The fourth-order valence-electron chi connectivity index (χ4n) is 1.51. The lowest BCUT2D eigenvalue weighted by Crippen LogP contribution is -2.24. The molecule has 1 aromatic carbocycles. The Morgan fingerprint density at radius 3 is 2.72 bits per heavy atom. The first-order chi connectivity index (χ1) is 8.49. The SMILES string of the molecule is Cn1nnn(Cc2cc(Cl)ccc2C(=O)O)c1=O. The third kappa shape index (κ3) is 2.25. The molecule has 8 heteroatoms. The Balaban J connectivity index is 2.45. The van der Waals surface area contributed by atoms with E-state index in [2.05, 4.69) is 10.4 Å². The summed E-state index contributed by atoms with van der Waals surface area (Å²) in [6.07, 6.45) is 0. The third-order valence-electron chi connectivity index (χ3n) is 2.40. The van der Waals surface area contributed by atoms with Crippen LogP contribution in [0.1, 0.15) is 15.9 Å². The second-order valence-corrected chi connectivity index (χ2v) is 4.09. The van der Waals surface area contributed by atoms with Gasteiger partial charge in [0.15, 0.2) is 0 Å². The van der Waals surface area contributed by atoms with Gasteiger partial charge in [0.25, 0.3) is 0 Å². The standard InChI is InChI=1S/C10H9ClN4O3/c1-14-10(18)15(13-12-14)5-6-4-7(11)2-3-8(6)9(16)17/h2-4H,5H2,1H3,(H,16,17). The van der Waals surface area contributed by atoms with E-state index >= 15 is 0 Å². The normalized spacial score (nSPS) is 10.6. The van der Waals surface area contributed by atoms with Crippen LogP contribution >= 0.6 is 11.6 Å². The number of hydrogen-bond donors (Lipinski definition) is 1. The third-order valence-corrected chi connectivity index (χ3v) is 2.63. The first kappa shape index (κ1) is 12.3. The Labute approximate surface area is 106 Å². The van der Waals surface area contributed by atoms with Crippen LogP contribution in [0.4, 0.5) is 0 Å². The lowest BCUT2D eigenvalue weighted by Gasteiger charge is -2.05. The minimum absolute atomic E-state index is 0.00880. The van der Waals surface area contributed by atoms with Crippen molar-refractivity contribution in [3.8, 4) is 0 Å². The maximum absolute atomic E-state index is 11.6. The van der Waals surface area contributed by atoms with Gasteiger partial charge in [-0.05, 0) is 34.2 Å². The van der Waals surface area contributed by atoms with Gasteiger partial charge in [-0.3, -0.25) is 0 Å². The van der Waals surface area contributed by atoms with E-state index in [9.17, 15) is 9.59 Å². The number of carbonyl (C=O) groups is 1. The first-order valence-corrected chi connectivity index (χ1v) is 5.35. The summed E-state index contributed by atoms with van der Waals surface area (Å²) in [6, 6.07) is 4.36. The summed E-state index contributed by atoms with van der Waals surface area (Å²) in [5.41, 5.74) is 0.0564. The van der Waals surface area contributed by atoms with Crippen molar-refractivity contribution in [2.24, 2.45) is 7.05 Å². The molecule has 0 aliphatic rings. The Bertz CT molecular complexity index is 661. The fraction of sp³-hybridized carbons (Fsp3) is 0.200. The molecule has 0 saturated heterocycles. The summed E-state index contributed by atoms with van der Waals surface area (Å²) < 4.78 is 2.13. The van der Waals surface area contributed by atoms with Gasteiger partial charge in [0.05, 0.1) is 12.1 Å². The highest BCUT2D eigenvalue weighted by molar-refractivity contribution is 6.30. The van der Waals surface area contributed by atoms with Gasteiger partial charge >= 0.3 is 11.7 Å². The number of aromatic carboxylic acids is 1. The molecule has 1 heterocycles. The summed E-state index contributed by atoms with van der Waals surface area (Å²) >= 11 is 5.81. The average molecular weight is 269 g/mol. The highest BCUT2D eigenvalue weighted by Gasteiger charge is 2.13. The predicted octanol–water partition coefficient (Wildman–Crippen LogP) is 0.377. The van der Waals surface area contributed by atoms with Crippen molar-refractivity contribution in [1.82, 2.24) is 19.8 Å². The first-order valence-electron chi connectivity index (χ1n) is 4.97. The summed E-state index contributed by atoms with van der Waals surface area (Å²) in [6.45, 7) is 0.00880. The number of hydrogen-bond acceptors (Lipinski definition) is 4. The molecule has 0 unspecified atom stereocenters. The number of halogens is 1. The second kappa shape index (κ2) is 4.61. The van der Waals surface area contributed by atoms with Crippen LogP contribution in [0.25, 0.3) is 0 Å². The van der Waals surface area contributed by atoms with Gasteiger partial charge < -0.3 is 5.11 Å². The molecule has 7 nitrogen and oxygen atoms in total. The lowest BCUT2D eigenvalue weighted by atomic mass is 10.1. The number of aromatic nitrogens is 4. The smallest absolute Gasteiger partial charge is 0.363 e. The van der Waals surface area contributed by atoms with E-state index in [0.29, 0.717) is 10.6 Å². The highest BCUT2D eigenvalue weighted by Crippen LogP contribution is 2.16. The van der Waals surface area contributed by atoms with Gasteiger partial charge in [-0.15, -0.1) is 0 Å². The van der Waals surface area contributed by atoms with Crippen molar-refractivity contribution in [2.75, 3.05) is 0 Å². The number of benzene rings is 1. The minimum Gasteiger partial charge on any atom is -0.478 e. The second-order valence-electron chi connectivity index (χ2n) is 3.65. The Hall–Kier alpha value is -2.15. The number of carboxylic acids is 1. The summed E-state index contributed by atoms with van der Waals surface area (Å²) in [5.74, 6) is -1.08. The topological polar surface area (TPSA) is 90.0 Å². The van der Waals surface area contributed by atoms with Gasteiger partial charge in [0.1, 0.15) is 0 Å². The van der Waals surface area contributed by atoms with E-state index in [1.54, 1.807) is 0 Å². The molecule has 0 fully saturated rings. The van der Waals surface area contributed by atoms with Gasteiger partial charge in [-0.25, -0.2) is 9.59 Å². The zero-order valence-corrected chi connectivity index (χ0v) is 10.1. The molecule has 0 atom stereocenters. The van der Waals surface area contributed by atoms with Crippen LogP contribution in [0.3, 0.4) is 0 Å². The average Bonchev–Trinajstić information content (AvgIpc) is 2.61. The lowest BCUT2D eigenvalue weighted by molar-refractivity contribution is 0.0695. The summed E-state index contributed by atoms with van der Waals surface area (Å²) in [4.78, 5) is 22.6. The molecule has 0 amide bonds. The van der Waals surface area contributed by atoms with E-state index in [4.69, 9.17) is 16.7 Å². The zero-order chi connectivity index (χ0) is 13.3. The largest absolute Gasteiger partial charge is 0.478 e. The van der Waals surface area contributed by atoms with Crippen molar-refractivity contribution >= 4 is 17.6 Å². The summed E-state index contributed by atoms with van der Waals surface area (Å²) in [5, 5.41) is 16.6. The van der Waals surface area contributed by atoms with Gasteiger partial charge in [-0.1, -0.05) is 11.6 Å². The summed E-state index contributed by atoms with van der Waals surface area (Å²) in [7, 11) is 1.46. The number of carboxylic acid groups (broad SMARTS) is 1. The molecule has 2 aromatic rings. The molecule has 2 rings (SSSR count). The van der Waals surface area contributed by atoms with Crippen LogP contribution in [0.2, 0.25) is 5.02 Å². The Morgan fingerprint density at radius 2 is 2.17 bits per heavy atom. The van der Waals surface area contributed by atoms with Gasteiger partial charge in [0.2, 0.25) is 0 Å². The Morgan fingerprint density at radius 1 is 1.44 bits per heavy atom. The van der Waals surface area contributed by atoms with Crippen LogP contribution in [0.5, 0.6) is 0 Å². The molecule has 0 radical (unpaired) electrons. The maximum Gasteiger partial charge on any atom is 0.363 e. The number of tetrazole rings is 1. The van der Waals surface area contributed by atoms with E-state index in [1.807, 2.05) is 0 Å². The molecule has 18 heavy (non-hydrogen) atoms. The van der Waals surface area contributed by atoms with Crippen molar-refractivity contribution in [3.05, 3.63) is 44.8 Å². The molecule has 0 aliphatic heterocycles. The van der Waals surface area contributed by atoms with Crippen LogP contribution in [0.15, 0.2) is 23.0 Å². The molecule has 0 bridgehead atoms. The number of nitrogens with zero attached hydrogens (tertiary/aromatic N) is 4. The minimum atomic E-state index is -1.08.